The van der Waals surface area contributed by atoms with Crippen molar-refractivity contribution in [2.45, 2.75) is 84.5 Å². The van der Waals surface area contributed by atoms with Gasteiger partial charge in [0.25, 0.3) is 0 Å². The Balaban J connectivity index is 1.14. The fraction of sp³-hybridized carbons (Fsp3) is 0.188. The average Bonchev–Trinajstić information content (AvgIpc) is 3.86. The maximum Gasteiger partial charge on any atom is 0.0737 e. The first-order valence-electron chi connectivity index (χ1n) is 25.7. The van der Waals surface area contributed by atoms with Gasteiger partial charge in [-0.2, -0.15) is 0 Å². The van der Waals surface area contributed by atoms with Crippen LogP contribution in [0.3, 0.4) is 0 Å². The van der Waals surface area contributed by atoms with E-state index in [2.05, 4.69) is 271 Å². The molecule has 0 unspecified atom stereocenters. The second-order valence-corrected chi connectivity index (χ2v) is 21.9. The Morgan fingerprint density at radius 2 is 0.704 bits per heavy atom. The molecule has 348 valence electrons. The van der Waals surface area contributed by atoms with Crippen LogP contribution in [0.1, 0.15) is 99.9 Å². The van der Waals surface area contributed by atoms with Crippen molar-refractivity contribution in [3.63, 3.8) is 0 Å². The Labute approximate surface area is 420 Å². The third kappa shape index (κ3) is 7.13. The van der Waals surface area contributed by atoms with Gasteiger partial charge in [-0.25, -0.2) is 0 Å². The predicted octanol–water partition coefficient (Wildman–Crippen LogP) is 19.0. The van der Waals surface area contributed by atoms with Crippen molar-refractivity contribution in [1.82, 2.24) is 0 Å². The van der Waals surface area contributed by atoms with Crippen molar-refractivity contribution in [2.75, 3.05) is 9.80 Å². The number of rotatable bonds is 8. The zero-order valence-corrected chi connectivity index (χ0v) is 42.4. The van der Waals surface area contributed by atoms with Crippen LogP contribution in [-0.4, -0.2) is 0 Å². The van der Waals surface area contributed by atoms with E-state index in [1.54, 1.807) is 0 Å². The number of fused-ring (bicyclic) bond motifs is 14. The highest BCUT2D eigenvalue weighted by atomic mass is 15.1. The van der Waals surface area contributed by atoms with Gasteiger partial charge in [0.05, 0.1) is 5.41 Å². The number of anilines is 6. The normalized spacial score (nSPS) is 13.3. The summed E-state index contributed by atoms with van der Waals surface area (Å²) in [6, 6.07) is 78.7. The summed E-state index contributed by atoms with van der Waals surface area (Å²) >= 11 is 0. The summed E-state index contributed by atoms with van der Waals surface area (Å²) in [5, 5.41) is 5.02. The number of hydrogen-bond donors (Lipinski definition) is 0. The van der Waals surface area contributed by atoms with Crippen LogP contribution in [0.5, 0.6) is 0 Å². The molecule has 0 saturated heterocycles. The highest BCUT2D eigenvalue weighted by molar-refractivity contribution is 6.10. The summed E-state index contributed by atoms with van der Waals surface area (Å²) < 4.78 is 0. The van der Waals surface area contributed by atoms with E-state index in [0.29, 0.717) is 0 Å². The smallest absolute Gasteiger partial charge is 0.0737 e. The zero-order valence-electron chi connectivity index (χ0n) is 42.4. The number of aryl methyl sites for hydroxylation is 2. The lowest BCUT2D eigenvalue weighted by Crippen LogP contribution is -2.27. The minimum absolute atomic E-state index is 0.0206. The third-order valence-electron chi connectivity index (χ3n) is 15.7. The highest BCUT2D eigenvalue weighted by Gasteiger charge is 2.53. The van der Waals surface area contributed by atoms with Crippen LogP contribution < -0.4 is 9.80 Å². The van der Waals surface area contributed by atoms with Gasteiger partial charge in [-0.3, -0.25) is 0 Å². The van der Waals surface area contributed by atoms with Crippen LogP contribution in [0, 0.1) is 0 Å². The van der Waals surface area contributed by atoms with E-state index in [4.69, 9.17) is 0 Å². The fourth-order valence-electron chi connectivity index (χ4n) is 11.9. The lowest BCUT2D eigenvalue weighted by Gasteiger charge is -2.33. The summed E-state index contributed by atoms with van der Waals surface area (Å²) in [7, 11) is 0. The molecular weight excluding hydrogens is 857 g/mol. The summed E-state index contributed by atoms with van der Waals surface area (Å²) in [6.45, 7) is 18.5. The molecule has 2 aliphatic carbocycles. The monoisotopic (exact) mass is 918 g/mol. The second-order valence-electron chi connectivity index (χ2n) is 21.9. The molecule has 10 aromatic rings. The maximum atomic E-state index is 2.53. The van der Waals surface area contributed by atoms with Crippen molar-refractivity contribution >= 4 is 55.7 Å². The summed E-state index contributed by atoms with van der Waals surface area (Å²) in [5.41, 5.74) is 22.4. The van der Waals surface area contributed by atoms with E-state index >= 15 is 0 Å². The van der Waals surface area contributed by atoms with Crippen molar-refractivity contribution in [3.05, 3.63) is 251 Å². The van der Waals surface area contributed by atoms with Crippen molar-refractivity contribution in [1.29, 1.82) is 0 Å². The van der Waals surface area contributed by atoms with Crippen molar-refractivity contribution in [2.24, 2.45) is 0 Å². The lowest BCUT2D eigenvalue weighted by molar-refractivity contribution is 0.589. The van der Waals surface area contributed by atoms with E-state index in [1.807, 2.05) is 0 Å². The van der Waals surface area contributed by atoms with E-state index in [0.717, 1.165) is 47.0 Å². The van der Waals surface area contributed by atoms with Gasteiger partial charge >= 0.3 is 0 Å². The quantitative estimate of drug-likeness (QED) is 0.150. The van der Waals surface area contributed by atoms with Crippen LogP contribution >= 0.6 is 0 Å². The molecule has 1 spiro atoms. The number of hydrogen-bond acceptors (Lipinski definition) is 2. The molecule has 2 heteroatoms. The third-order valence-corrected chi connectivity index (χ3v) is 15.7. The van der Waals surface area contributed by atoms with Crippen LogP contribution in [0.4, 0.5) is 34.1 Å². The van der Waals surface area contributed by atoms with Gasteiger partial charge in [0.15, 0.2) is 0 Å². The molecule has 12 rings (SSSR count). The van der Waals surface area contributed by atoms with E-state index in [-0.39, 0.29) is 10.8 Å². The highest BCUT2D eigenvalue weighted by Crippen LogP contribution is 2.66. The molecule has 2 nitrogen and oxygen atoms in total. The fourth-order valence-corrected chi connectivity index (χ4v) is 11.9. The minimum Gasteiger partial charge on any atom is -0.310 e. The molecule has 0 saturated carbocycles. The number of benzene rings is 10. The van der Waals surface area contributed by atoms with Gasteiger partial charge < -0.3 is 9.80 Å². The predicted molar refractivity (Wildman–Crippen MR) is 303 cm³/mol. The Hall–Kier alpha value is -7.68. The molecule has 0 bridgehead atoms. The first-order chi connectivity index (χ1) is 34.4. The van der Waals surface area contributed by atoms with Gasteiger partial charge in [-0.15, -0.1) is 0 Å². The SMILES string of the molecule is CCc1ccc(N(c2ccccc2)c2ccc3c4c(ccc3c2)-c2ccc3cc(N(c5ccccc5)c5ccc(CC)cc5)ccc3c2C42c3ccc(C(C)(C)C)cc3-c3cc(C(C)(C)C)ccc32)cc1. The molecule has 10 aromatic carbocycles. The zero-order chi connectivity index (χ0) is 48.8. The van der Waals surface area contributed by atoms with Crippen LogP contribution in [-0.2, 0) is 29.1 Å². The van der Waals surface area contributed by atoms with Gasteiger partial charge in [0.1, 0.15) is 0 Å². The Kier molecular flexibility index (Phi) is 10.5. The number of para-hydroxylation sites is 2. The largest absolute Gasteiger partial charge is 0.310 e. The van der Waals surface area contributed by atoms with Gasteiger partial charge in [-0.1, -0.05) is 189 Å². The molecule has 0 fully saturated rings. The van der Waals surface area contributed by atoms with Crippen LogP contribution in [0.15, 0.2) is 206 Å². The van der Waals surface area contributed by atoms with Gasteiger partial charge in [0.2, 0.25) is 0 Å². The Bertz CT molecular complexity index is 3420. The molecule has 0 atom stereocenters. The van der Waals surface area contributed by atoms with E-state index in [9.17, 15) is 0 Å². The topological polar surface area (TPSA) is 6.48 Å². The molecule has 0 N–H and O–H groups in total. The summed E-state index contributed by atoms with van der Waals surface area (Å²) in [6.07, 6.45) is 2.02. The molecule has 0 heterocycles. The summed E-state index contributed by atoms with van der Waals surface area (Å²) in [5.74, 6) is 0. The van der Waals surface area contributed by atoms with Gasteiger partial charge in [-0.05, 0) is 185 Å². The first-order valence-corrected chi connectivity index (χ1v) is 25.7. The Morgan fingerprint density at radius 3 is 1.07 bits per heavy atom. The summed E-state index contributed by atoms with van der Waals surface area (Å²) in [4.78, 5) is 4.81. The van der Waals surface area contributed by atoms with E-state index < -0.39 is 5.41 Å². The lowest BCUT2D eigenvalue weighted by atomic mass is 9.68. The number of nitrogens with zero attached hydrogens (tertiary/aromatic N) is 2. The second kappa shape index (κ2) is 16.7. The molecule has 2 aliphatic rings. The minimum atomic E-state index is -0.589. The van der Waals surface area contributed by atoms with Crippen molar-refractivity contribution in [3.8, 4) is 22.3 Å². The van der Waals surface area contributed by atoms with Crippen LogP contribution in [0.25, 0.3) is 43.8 Å². The molecule has 0 radical (unpaired) electrons. The Morgan fingerprint density at radius 1 is 0.338 bits per heavy atom. The first kappa shape index (κ1) is 44.5. The molecule has 0 amide bonds. The van der Waals surface area contributed by atoms with E-state index in [1.165, 1.54) is 88.3 Å². The van der Waals surface area contributed by atoms with Gasteiger partial charge in [0, 0.05) is 34.1 Å². The molecule has 0 aliphatic heterocycles. The maximum absolute atomic E-state index is 2.53. The molecule has 71 heavy (non-hydrogen) atoms. The van der Waals surface area contributed by atoms with Crippen molar-refractivity contribution < 1.29 is 0 Å². The molecule has 0 aromatic heterocycles. The standard InChI is InChI=1S/C69H62N2/c1-9-45-21-29-53(30-22-45)70(51-17-13-11-14-18-51)55-33-37-57-47(41-55)25-35-59-60-36-26-48-42-56(71(52-19-15-12-16-20-52)54-31-23-46(10-2)24-32-54)34-38-58(48)66(60)69(65(57)59)63-39-27-49(67(3,4)5)43-61(63)62-44-50(68(6,7)8)28-40-64(62)69/h11-44H,9-10H2,1-8H3. The molecular formula is C69H62N2. The average molecular weight is 919 g/mol. The van der Waals surface area contributed by atoms with Crippen LogP contribution in [0.2, 0.25) is 0 Å².